The van der Waals surface area contributed by atoms with E-state index in [1.807, 2.05) is 25.1 Å². The lowest BCUT2D eigenvalue weighted by molar-refractivity contribution is 1.08. The summed E-state index contributed by atoms with van der Waals surface area (Å²) in [6.07, 6.45) is 0.954. The molecule has 3 aromatic rings. The van der Waals surface area contributed by atoms with Gasteiger partial charge in [0, 0.05) is 5.39 Å². The van der Waals surface area contributed by atoms with E-state index in [1.54, 1.807) is 0 Å². The van der Waals surface area contributed by atoms with E-state index in [2.05, 4.69) is 27.9 Å². The van der Waals surface area contributed by atoms with Crippen LogP contribution in [-0.2, 0) is 6.42 Å². The molecule has 2 N–H and O–H groups in total. The van der Waals surface area contributed by atoms with Crippen molar-refractivity contribution in [1.82, 2.24) is 15.0 Å². The zero-order valence-corrected chi connectivity index (χ0v) is 10.4. The maximum absolute atomic E-state index is 5.93. The Bertz CT molecular complexity index is 749. The second-order valence-corrected chi connectivity index (χ2v) is 4.36. The number of nitrogens with zero attached hydrogens (tertiary/aromatic N) is 3. The Kier molecular flexibility index (Phi) is 2.37. The Morgan fingerprint density at radius 2 is 2.00 bits per heavy atom. The van der Waals surface area contributed by atoms with Crippen LogP contribution in [0.1, 0.15) is 18.3 Å². The summed E-state index contributed by atoms with van der Waals surface area (Å²) in [6.45, 7) is 3.95. The summed E-state index contributed by atoms with van der Waals surface area (Å²) in [4.78, 5) is 13.2. The van der Waals surface area contributed by atoms with Crippen molar-refractivity contribution in [3.05, 3.63) is 35.7 Å². The summed E-state index contributed by atoms with van der Waals surface area (Å²) < 4.78 is 0. The first-order chi connectivity index (χ1) is 8.69. The molecule has 0 unspecified atom stereocenters. The molecule has 0 atom stereocenters. The molecule has 0 fully saturated rings. The summed E-state index contributed by atoms with van der Waals surface area (Å²) in [7, 11) is 0. The molecule has 0 aliphatic rings. The van der Waals surface area contributed by atoms with E-state index in [9.17, 15) is 0 Å². The summed E-state index contributed by atoms with van der Waals surface area (Å²) in [5.41, 5.74) is 8.83. The van der Waals surface area contributed by atoms with Crippen LogP contribution in [0.3, 0.4) is 0 Å². The SMILES string of the molecule is CCc1cccc2cc3c(N)nc(C)nc3nc12. The first-order valence-corrected chi connectivity index (χ1v) is 6.01. The minimum atomic E-state index is 0.494. The summed E-state index contributed by atoms with van der Waals surface area (Å²) in [6, 6.07) is 8.20. The molecule has 0 bridgehead atoms. The van der Waals surface area contributed by atoms with Gasteiger partial charge in [-0.05, 0) is 25.0 Å². The normalized spacial score (nSPS) is 11.2. The topological polar surface area (TPSA) is 64.7 Å². The third-order valence-electron chi connectivity index (χ3n) is 3.12. The lowest BCUT2D eigenvalue weighted by Crippen LogP contribution is -1.99. The molecule has 0 aliphatic heterocycles. The highest BCUT2D eigenvalue weighted by Crippen LogP contribution is 2.24. The van der Waals surface area contributed by atoms with Crippen molar-refractivity contribution in [3.8, 4) is 0 Å². The van der Waals surface area contributed by atoms with Gasteiger partial charge in [-0.3, -0.25) is 0 Å². The zero-order valence-electron chi connectivity index (χ0n) is 10.4. The largest absolute Gasteiger partial charge is 0.383 e. The highest BCUT2D eigenvalue weighted by molar-refractivity contribution is 5.96. The Labute approximate surface area is 105 Å². The highest BCUT2D eigenvalue weighted by Gasteiger charge is 2.08. The third kappa shape index (κ3) is 1.57. The second kappa shape index (κ2) is 3.91. The molecule has 1 aromatic carbocycles. The predicted molar refractivity (Wildman–Crippen MR) is 73.4 cm³/mol. The van der Waals surface area contributed by atoms with Gasteiger partial charge in [-0.2, -0.15) is 0 Å². The fraction of sp³-hybridized carbons (Fsp3) is 0.214. The van der Waals surface area contributed by atoms with Gasteiger partial charge in [0.2, 0.25) is 0 Å². The number of nitrogens with two attached hydrogens (primary N) is 1. The van der Waals surface area contributed by atoms with E-state index in [0.717, 1.165) is 22.7 Å². The van der Waals surface area contributed by atoms with Crippen molar-refractivity contribution in [3.63, 3.8) is 0 Å². The number of hydrogen-bond donors (Lipinski definition) is 1. The first-order valence-electron chi connectivity index (χ1n) is 6.01. The fourth-order valence-corrected chi connectivity index (χ4v) is 2.22. The van der Waals surface area contributed by atoms with Gasteiger partial charge in [-0.25, -0.2) is 15.0 Å². The molecule has 4 nitrogen and oxygen atoms in total. The van der Waals surface area contributed by atoms with Crippen molar-refractivity contribution in [1.29, 1.82) is 0 Å². The molecule has 0 saturated carbocycles. The standard InChI is InChI=1S/C14H14N4/c1-3-9-5-4-6-10-7-11-13(15)16-8(2)17-14(11)18-12(9)10/h4-7H,3H2,1-2H3,(H2,15,16,17,18). The van der Waals surface area contributed by atoms with Gasteiger partial charge in [0.05, 0.1) is 10.9 Å². The average Bonchev–Trinajstić information content (AvgIpc) is 2.36. The average molecular weight is 238 g/mol. The van der Waals surface area contributed by atoms with Crippen molar-refractivity contribution in [2.45, 2.75) is 20.3 Å². The molecule has 3 rings (SSSR count). The van der Waals surface area contributed by atoms with Gasteiger partial charge in [0.25, 0.3) is 0 Å². The van der Waals surface area contributed by atoms with Crippen LogP contribution >= 0.6 is 0 Å². The smallest absolute Gasteiger partial charge is 0.165 e. The lowest BCUT2D eigenvalue weighted by atomic mass is 10.1. The third-order valence-corrected chi connectivity index (χ3v) is 3.12. The van der Waals surface area contributed by atoms with Crippen LogP contribution in [-0.4, -0.2) is 15.0 Å². The summed E-state index contributed by atoms with van der Waals surface area (Å²) in [5.74, 6) is 1.15. The highest BCUT2D eigenvalue weighted by atomic mass is 15.0. The number of nitrogen functional groups attached to an aromatic ring is 1. The Balaban J connectivity index is 2.47. The van der Waals surface area contributed by atoms with E-state index in [0.29, 0.717) is 17.3 Å². The van der Waals surface area contributed by atoms with Crippen LogP contribution < -0.4 is 5.73 Å². The quantitative estimate of drug-likeness (QED) is 0.662. The Hall–Kier alpha value is -2.23. The number of pyridine rings is 1. The molecular formula is C14H14N4. The van der Waals surface area contributed by atoms with Crippen LogP contribution in [0.25, 0.3) is 21.9 Å². The van der Waals surface area contributed by atoms with Crippen LogP contribution in [0.15, 0.2) is 24.3 Å². The second-order valence-electron chi connectivity index (χ2n) is 4.36. The maximum Gasteiger partial charge on any atom is 0.165 e. The molecule has 4 heteroatoms. The van der Waals surface area contributed by atoms with Gasteiger partial charge in [-0.15, -0.1) is 0 Å². The molecule has 0 spiro atoms. The summed E-state index contributed by atoms with van der Waals surface area (Å²) >= 11 is 0. The number of aromatic nitrogens is 3. The first kappa shape index (κ1) is 10.9. The number of rotatable bonds is 1. The van der Waals surface area contributed by atoms with E-state index in [1.165, 1.54) is 5.56 Å². The molecular weight excluding hydrogens is 224 g/mol. The van der Waals surface area contributed by atoms with Crippen LogP contribution in [0, 0.1) is 6.92 Å². The van der Waals surface area contributed by atoms with Crippen molar-refractivity contribution >= 4 is 27.8 Å². The molecule has 2 heterocycles. The Morgan fingerprint density at radius 1 is 1.17 bits per heavy atom. The van der Waals surface area contributed by atoms with Gasteiger partial charge in [0.1, 0.15) is 11.6 Å². The maximum atomic E-state index is 5.93. The summed E-state index contributed by atoms with van der Waals surface area (Å²) in [5, 5.41) is 1.90. The number of aryl methyl sites for hydroxylation is 2. The number of fused-ring (bicyclic) bond motifs is 2. The van der Waals surface area contributed by atoms with E-state index in [4.69, 9.17) is 5.73 Å². The van der Waals surface area contributed by atoms with Gasteiger partial charge >= 0.3 is 0 Å². The number of hydrogen-bond acceptors (Lipinski definition) is 4. The lowest BCUT2D eigenvalue weighted by Gasteiger charge is -2.07. The zero-order chi connectivity index (χ0) is 12.7. The van der Waals surface area contributed by atoms with Gasteiger partial charge in [0.15, 0.2) is 5.65 Å². The van der Waals surface area contributed by atoms with Crippen molar-refractivity contribution in [2.75, 3.05) is 5.73 Å². The molecule has 0 saturated heterocycles. The van der Waals surface area contributed by atoms with E-state index >= 15 is 0 Å². The molecule has 0 amide bonds. The number of para-hydroxylation sites is 1. The van der Waals surface area contributed by atoms with Crippen LogP contribution in [0.5, 0.6) is 0 Å². The van der Waals surface area contributed by atoms with Crippen molar-refractivity contribution in [2.24, 2.45) is 0 Å². The molecule has 90 valence electrons. The molecule has 0 aliphatic carbocycles. The molecule has 18 heavy (non-hydrogen) atoms. The number of anilines is 1. The van der Waals surface area contributed by atoms with E-state index in [-0.39, 0.29) is 0 Å². The van der Waals surface area contributed by atoms with Crippen LogP contribution in [0.4, 0.5) is 5.82 Å². The fourth-order valence-electron chi connectivity index (χ4n) is 2.22. The molecule has 2 aromatic heterocycles. The molecule has 0 radical (unpaired) electrons. The van der Waals surface area contributed by atoms with Gasteiger partial charge < -0.3 is 5.73 Å². The monoisotopic (exact) mass is 238 g/mol. The van der Waals surface area contributed by atoms with E-state index < -0.39 is 0 Å². The van der Waals surface area contributed by atoms with Crippen LogP contribution in [0.2, 0.25) is 0 Å². The Morgan fingerprint density at radius 3 is 2.78 bits per heavy atom. The predicted octanol–water partition coefficient (Wildman–Crippen LogP) is 2.63. The van der Waals surface area contributed by atoms with Gasteiger partial charge in [-0.1, -0.05) is 25.1 Å². The van der Waals surface area contributed by atoms with Crippen molar-refractivity contribution < 1.29 is 0 Å². The minimum absolute atomic E-state index is 0.494. The number of benzene rings is 1. The minimum Gasteiger partial charge on any atom is -0.383 e.